The smallest absolute Gasteiger partial charge is 0.195 e. The predicted octanol–water partition coefficient (Wildman–Crippen LogP) is 22.4. The Labute approximate surface area is 550 Å². The van der Waals surface area contributed by atoms with Crippen molar-refractivity contribution < 1.29 is 9.59 Å². The Morgan fingerprint density at radius 3 is 1.24 bits per heavy atom. The molecule has 1 aromatic carbocycles. The van der Waals surface area contributed by atoms with Crippen LogP contribution in [-0.4, -0.2) is 11.6 Å². The van der Waals surface area contributed by atoms with Gasteiger partial charge in [-0.15, -0.1) is 90.7 Å². The summed E-state index contributed by atoms with van der Waals surface area (Å²) in [6.45, 7) is 8.95. The molecule has 15 rings (SSSR count). The molecule has 0 N–H and O–H groups in total. The highest BCUT2D eigenvalue weighted by Gasteiger charge is 2.56. The number of nitrogens with zero attached hydrogens (tertiary/aromatic N) is 4. The summed E-state index contributed by atoms with van der Waals surface area (Å²) in [7, 11) is 0. The van der Waals surface area contributed by atoms with E-state index >= 15 is 0 Å². The molecule has 0 saturated heterocycles. The molecular formula is C72H50N4O2S10. The van der Waals surface area contributed by atoms with Crippen molar-refractivity contribution in [2.45, 2.75) is 103 Å². The van der Waals surface area contributed by atoms with Crippen molar-refractivity contribution in [2.75, 3.05) is 0 Å². The fourth-order valence-corrected chi connectivity index (χ4v) is 25.8. The molecule has 0 spiro atoms. The van der Waals surface area contributed by atoms with Crippen LogP contribution >= 0.6 is 113 Å². The van der Waals surface area contributed by atoms with Crippen LogP contribution < -0.4 is 0 Å². The van der Waals surface area contributed by atoms with Crippen LogP contribution in [0.2, 0.25) is 0 Å². The first-order valence-electron chi connectivity index (χ1n) is 29.4. The number of allylic oxidation sites excluding steroid dienone is 6. The molecule has 4 aliphatic rings. The lowest BCUT2D eigenvalue weighted by molar-refractivity contribution is 0.103. The Hall–Kier alpha value is -7.00. The van der Waals surface area contributed by atoms with Gasteiger partial charge in [-0.3, -0.25) is 9.59 Å². The van der Waals surface area contributed by atoms with Crippen molar-refractivity contribution in [2.24, 2.45) is 0 Å². The summed E-state index contributed by atoms with van der Waals surface area (Å²) in [5, 5.41) is 48.3. The van der Waals surface area contributed by atoms with Gasteiger partial charge in [0.25, 0.3) is 0 Å². The van der Waals surface area contributed by atoms with Gasteiger partial charge in [-0.1, -0.05) is 52.4 Å². The number of nitriles is 4. The van der Waals surface area contributed by atoms with E-state index in [0.29, 0.717) is 44.5 Å². The second-order valence-corrected chi connectivity index (χ2v) is 33.5. The van der Waals surface area contributed by atoms with Gasteiger partial charge in [-0.2, -0.15) is 43.7 Å². The van der Waals surface area contributed by atoms with Crippen molar-refractivity contribution in [3.63, 3.8) is 0 Å². The number of Topliss-reactive ketones (excluding diaryl/α,β-unsaturated/α-hetero) is 2. The molecule has 11 aromatic rings. The molecule has 0 saturated carbocycles. The Morgan fingerprint density at radius 1 is 0.455 bits per heavy atom. The molecule has 0 radical (unpaired) electrons. The number of fused-ring (bicyclic) bond motifs is 12. The Balaban J connectivity index is 0.997. The Bertz CT molecular complexity index is 4760. The van der Waals surface area contributed by atoms with Gasteiger partial charge in [0.2, 0.25) is 0 Å². The Morgan fingerprint density at radius 2 is 0.852 bits per heavy atom. The highest BCUT2D eigenvalue weighted by Crippen LogP contribution is 2.70. The number of unbranched alkanes of at least 4 members (excludes halogenated alkanes) is 6. The van der Waals surface area contributed by atoms with Gasteiger partial charge >= 0.3 is 0 Å². The fraction of sp³-hybridized carbons (Fsp3) is 0.222. The number of hydrogen-bond donors (Lipinski definition) is 0. The van der Waals surface area contributed by atoms with E-state index in [9.17, 15) is 30.6 Å². The third-order valence-corrected chi connectivity index (χ3v) is 28.8. The number of aryl methyl sites for hydroxylation is 4. The lowest BCUT2D eigenvalue weighted by Gasteiger charge is -2.32. The number of carbonyl (C=O) groups is 2. The van der Waals surface area contributed by atoms with Crippen LogP contribution in [0.4, 0.5) is 0 Å². The first-order valence-corrected chi connectivity index (χ1v) is 37.8. The standard InChI is InChI=1S/C72H50N4O2S10/c1-5-7-9-11-13-41-17-21-59(83-41)71(57-19-15-37(3)81-57)53-27-46-54(28-45(53)67-63(71)69-55(87-67)25-43(85-69)23-47-61(39(29-73)30-74)49-33-79-35-51(49)65(47)77)72(58-20-16-38(4)82-58,60-22-18-42(84-60)14-12-10-8-6-2)64-68(46)88-56-26-44(86-70(56)64)24-48-62(40(31-75)32-76)50-34-80-36-52(50)66(48)78/h15-28,33-36H,5-14H2,1-4H3/b47-23-,48-24-. The van der Waals surface area contributed by atoms with Crippen molar-refractivity contribution in [3.8, 4) is 45.2 Å². The monoisotopic (exact) mass is 1320 g/mol. The average molecular weight is 1320 g/mol. The van der Waals surface area contributed by atoms with E-state index < -0.39 is 10.8 Å². The molecule has 16 heteroatoms. The minimum atomic E-state index is -0.703. The second kappa shape index (κ2) is 22.5. The maximum Gasteiger partial charge on any atom is 0.195 e. The van der Waals surface area contributed by atoms with Crippen LogP contribution in [0, 0.1) is 59.2 Å². The maximum atomic E-state index is 14.3. The van der Waals surface area contributed by atoms with Gasteiger partial charge in [-0.25, -0.2) is 0 Å². The van der Waals surface area contributed by atoms with E-state index in [1.807, 2.05) is 102 Å². The molecule has 4 aliphatic carbocycles. The van der Waals surface area contributed by atoms with Gasteiger partial charge in [0.05, 0.1) is 20.2 Å². The minimum absolute atomic E-state index is 0.0584. The quantitative estimate of drug-likeness (QED) is 0.0538. The van der Waals surface area contributed by atoms with E-state index in [0.717, 1.165) is 44.8 Å². The van der Waals surface area contributed by atoms with Crippen molar-refractivity contribution in [3.05, 3.63) is 210 Å². The zero-order valence-electron chi connectivity index (χ0n) is 48.2. The SMILES string of the molecule is CCCCCCc1ccc(C2(c3ccc(C)s3)c3cc4c(cc3-c3sc5cc(/C=C6\C(=O)c7cscc7C6=C(C#N)C#N)sc5c32)C(c2ccc(C)s2)(c2ccc(CCCCCC)s2)c2c-4sc3cc(/C=C4\C(=O)c5cscc5C4=C(C#N)C#N)sc23)s1. The molecule has 0 aliphatic heterocycles. The van der Waals surface area contributed by atoms with E-state index in [4.69, 9.17) is 0 Å². The number of carbonyl (C=O) groups excluding carboxylic acids is 2. The first-order chi connectivity index (χ1) is 43.0. The molecule has 88 heavy (non-hydrogen) atoms. The van der Waals surface area contributed by atoms with Crippen LogP contribution in [-0.2, 0) is 23.7 Å². The highest BCUT2D eigenvalue weighted by atomic mass is 32.1. The molecule has 2 unspecified atom stereocenters. The third-order valence-electron chi connectivity index (χ3n) is 17.7. The van der Waals surface area contributed by atoms with E-state index in [1.54, 1.807) is 22.7 Å². The summed E-state index contributed by atoms with van der Waals surface area (Å²) in [4.78, 5) is 43.2. The maximum absolute atomic E-state index is 14.3. The van der Waals surface area contributed by atoms with Gasteiger partial charge in [0.1, 0.15) is 35.4 Å². The second-order valence-electron chi connectivity index (χ2n) is 22.8. The summed E-state index contributed by atoms with van der Waals surface area (Å²) >= 11 is 17.5. The molecule has 0 fully saturated rings. The number of thiophene rings is 10. The topological polar surface area (TPSA) is 129 Å². The lowest BCUT2D eigenvalue weighted by Crippen LogP contribution is -2.27. The van der Waals surface area contributed by atoms with Crippen molar-refractivity contribution >= 4 is 167 Å². The number of ketones is 2. The summed E-state index contributed by atoms with van der Waals surface area (Å²) < 4.78 is 4.61. The first kappa shape index (κ1) is 57.4. The fourth-order valence-electron chi connectivity index (χ4n) is 13.8. The molecule has 0 bridgehead atoms. The van der Waals surface area contributed by atoms with Crippen molar-refractivity contribution in [1.82, 2.24) is 0 Å². The van der Waals surface area contributed by atoms with Crippen LogP contribution in [0.3, 0.4) is 0 Å². The summed E-state index contributed by atoms with van der Waals surface area (Å²) in [6, 6.07) is 36.9. The molecule has 6 nitrogen and oxygen atoms in total. The Kier molecular flexibility index (Phi) is 14.7. The molecular weight excluding hydrogens is 1270 g/mol. The lowest BCUT2D eigenvalue weighted by atomic mass is 9.73. The van der Waals surface area contributed by atoms with Gasteiger partial charge < -0.3 is 0 Å². The normalized spacial score (nSPS) is 17.9. The minimum Gasteiger partial charge on any atom is -0.289 e. The third kappa shape index (κ3) is 8.56. The highest BCUT2D eigenvalue weighted by molar-refractivity contribution is 7.31. The molecule has 0 amide bonds. The van der Waals surface area contributed by atoms with E-state index in [2.05, 4.69) is 125 Å². The van der Waals surface area contributed by atoms with E-state index in [1.165, 1.54) is 153 Å². The number of rotatable bonds is 16. The summed E-state index contributed by atoms with van der Waals surface area (Å²) in [6.07, 6.45) is 15.3. The number of benzene rings is 1. The molecule has 2 atom stereocenters. The van der Waals surface area contributed by atoms with Crippen LogP contribution in [0.5, 0.6) is 0 Å². The van der Waals surface area contributed by atoms with Gasteiger partial charge in [0, 0.05) is 134 Å². The molecule has 10 heterocycles. The zero-order valence-corrected chi connectivity index (χ0v) is 56.3. The summed E-state index contributed by atoms with van der Waals surface area (Å²) in [5.74, 6) is -0.327. The molecule has 430 valence electrons. The van der Waals surface area contributed by atoms with Gasteiger partial charge in [-0.05, 0) is 157 Å². The summed E-state index contributed by atoms with van der Waals surface area (Å²) in [5.41, 5.74) is 10.0. The van der Waals surface area contributed by atoms with Crippen molar-refractivity contribution in [1.29, 1.82) is 21.0 Å². The predicted molar refractivity (Wildman–Crippen MR) is 374 cm³/mol. The van der Waals surface area contributed by atoms with Crippen LogP contribution in [0.1, 0.15) is 168 Å². The van der Waals surface area contributed by atoms with Crippen LogP contribution in [0.25, 0.3) is 63.0 Å². The van der Waals surface area contributed by atoms with E-state index in [-0.39, 0.29) is 22.7 Å². The zero-order chi connectivity index (χ0) is 60.3. The van der Waals surface area contributed by atoms with Gasteiger partial charge in [0.15, 0.2) is 11.6 Å². The molecule has 10 aromatic heterocycles. The van der Waals surface area contributed by atoms with Crippen LogP contribution in [0.15, 0.2) is 117 Å². The largest absolute Gasteiger partial charge is 0.289 e. The average Bonchev–Trinajstić information content (AvgIpc) is 1.92. The number of hydrogen-bond acceptors (Lipinski definition) is 16.